The number of anilines is 1. The Balaban J connectivity index is 1.79. The average Bonchev–Trinajstić information content (AvgIpc) is 3.04. The lowest BCUT2D eigenvalue weighted by atomic mass is 10.1. The molecule has 0 fully saturated rings. The Kier molecular flexibility index (Phi) is 5.88. The summed E-state index contributed by atoms with van der Waals surface area (Å²) >= 11 is 3.59. The lowest BCUT2D eigenvalue weighted by molar-refractivity contribution is 0.401. The summed E-state index contributed by atoms with van der Waals surface area (Å²) in [5.74, 6) is 1.06. The minimum atomic E-state index is 0.828. The Morgan fingerprint density at radius 2 is 1.72 bits per heavy atom. The van der Waals surface area contributed by atoms with Crippen molar-refractivity contribution in [2.24, 2.45) is 0 Å². The zero-order valence-electron chi connectivity index (χ0n) is 17.2. The molecule has 0 atom stereocenters. The Morgan fingerprint density at radius 1 is 0.931 bits per heavy atom. The number of halogens is 1. The predicted molar refractivity (Wildman–Crippen MR) is 127 cm³/mol. The molecule has 0 unspecified atom stereocenters. The van der Waals surface area contributed by atoms with Gasteiger partial charge in [-0.05, 0) is 50.8 Å². The van der Waals surface area contributed by atoms with Crippen molar-refractivity contribution in [1.29, 1.82) is 0 Å². The molecule has 4 aromatic rings. The molecular weight excluding hydrogens is 424 g/mol. The molecule has 1 N–H and O–H groups in total. The smallest absolute Gasteiger partial charge is 0.138 e. The molecule has 29 heavy (non-hydrogen) atoms. The van der Waals surface area contributed by atoms with Gasteiger partial charge in [0.1, 0.15) is 5.82 Å². The molecule has 0 aliphatic heterocycles. The van der Waals surface area contributed by atoms with Crippen LogP contribution in [0.1, 0.15) is 17.7 Å². The van der Waals surface area contributed by atoms with Gasteiger partial charge in [0.15, 0.2) is 0 Å². The number of hydrogen-bond acceptors (Lipinski definition) is 3. The van der Waals surface area contributed by atoms with Crippen LogP contribution in [0.3, 0.4) is 0 Å². The maximum Gasteiger partial charge on any atom is 0.138 e. The van der Waals surface area contributed by atoms with Crippen molar-refractivity contribution < 1.29 is 0 Å². The Morgan fingerprint density at radius 3 is 2.48 bits per heavy atom. The number of benzene rings is 2. The highest BCUT2D eigenvalue weighted by atomic mass is 79.9. The first-order valence-corrected chi connectivity index (χ1v) is 10.8. The van der Waals surface area contributed by atoms with Crippen LogP contribution in [0.4, 0.5) is 5.82 Å². The Bertz CT molecular complexity index is 1120. The number of aromatic amines is 1. The molecule has 4 rings (SSSR count). The van der Waals surface area contributed by atoms with Crippen LogP contribution in [0.15, 0.2) is 59.1 Å². The summed E-state index contributed by atoms with van der Waals surface area (Å²) in [5, 5.41) is 2.42. The number of H-pyrrole nitrogens is 1. The molecule has 0 saturated heterocycles. The van der Waals surface area contributed by atoms with E-state index in [0.717, 1.165) is 52.9 Å². The predicted octanol–water partition coefficient (Wildman–Crippen LogP) is 5.46. The van der Waals surface area contributed by atoms with E-state index < -0.39 is 0 Å². The maximum absolute atomic E-state index is 5.12. The monoisotopic (exact) mass is 450 g/mol. The van der Waals surface area contributed by atoms with Crippen LogP contribution >= 0.6 is 15.9 Å². The summed E-state index contributed by atoms with van der Waals surface area (Å²) in [6.07, 6.45) is 1.93. The number of pyridine rings is 1. The second-order valence-corrected chi connectivity index (χ2v) is 8.83. The van der Waals surface area contributed by atoms with Gasteiger partial charge >= 0.3 is 0 Å². The van der Waals surface area contributed by atoms with E-state index in [-0.39, 0.29) is 0 Å². The van der Waals surface area contributed by atoms with Crippen molar-refractivity contribution in [3.63, 3.8) is 0 Å². The van der Waals surface area contributed by atoms with Gasteiger partial charge in [-0.2, -0.15) is 0 Å². The van der Waals surface area contributed by atoms with Crippen molar-refractivity contribution in [2.45, 2.75) is 12.8 Å². The highest BCUT2D eigenvalue weighted by molar-refractivity contribution is 9.10. The summed E-state index contributed by atoms with van der Waals surface area (Å²) in [7, 11) is 6.39. The van der Waals surface area contributed by atoms with E-state index in [1.54, 1.807) is 0 Å². The second kappa shape index (κ2) is 8.56. The van der Waals surface area contributed by atoms with Crippen molar-refractivity contribution in [1.82, 2.24) is 14.9 Å². The third-order valence-electron chi connectivity index (χ3n) is 5.26. The van der Waals surface area contributed by atoms with Gasteiger partial charge in [0, 0.05) is 46.5 Å². The molecule has 0 aliphatic rings. The quantitative estimate of drug-likeness (QED) is 0.406. The lowest BCUT2D eigenvalue weighted by Crippen LogP contribution is -2.24. The van der Waals surface area contributed by atoms with Crippen molar-refractivity contribution in [3.8, 4) is 0 Å². The Labute approximate surface area is 180 Å². The summed E-state index contributed by atoms with van der Waals surface area (Å²) in [6.45, 7) is 2.04. The van der Waals surface area contributed by atoms with Gasteiger partial charge in [0.2, 0.25) is 0 Å². The first-order valence-electron chi connectivity index (χ1n) is 10.0. The summed E-state index contributed by atoms with van der Waals surface area (Å²) in [6, 6.07) is 19.2. The number of fused-ring (bicyclic) bond motifs is 3. The number of nitrogens with zero attached hydrogens (tertiary/aromatic N) is 3. The zero-order chi connectivity index (χ0) is 20.4. The molecule has 2 heterocycles. The van der Waals surface area contributed by atoms with Crippen LogP contribution in [0.5, 0.6) is 0 Å². The number of aromatic nitrogens is 2. The molecule has 4 nitrogen and oxygen atoms in total. The zero-order valence-corrected chi connectivity index (χ0v) is 18.8. The van der Waals surface area contributed by atoms with Crippen LogP contribution in [0.2, 0.25) is 0 Å². The topological polar surface area (TPSA) is 35.2 Å². The van der Waals surface area contributed by atoms with Crippen molar-refractivity contribution in [3.05, 3.63) is 70.3 Å². The van der Waals surface area contributed by atoms with Crippen LogP contribution in [-0.2, 0) is 6.42 Å². The summed E-state index contributed by atoms with van der Waals surface area (Å²) in [5.41, 5.74) is 4.65. The van der Waals surface area contributed by atoms with Gasteiger partial charge < -0.3 is 14.8 Å². The summed E-state index contributed by atoms with van der Waals surface area (Å²) in [4.78, 5) is 13.3. The normalized spacial score (nSPS) is 11.6. The fourth-order valence-corrected chi connectivity index (χ4v) is 4.19. The lowest BCUT2D eigenvalue weighted by Gasteiger charge is -2.21. The average molecular weight is 451 g/mol. The van der Waals surface area contributed by atoms with Crippen LogP contribution in [-0.4, -0.2) is 49.1 Å². The van der Waals surface area contributed by atoms with E-state index in [9.17, 15) is 0 Å². The third-order valence-corrected chi connectivity index (χ3v) is 5.76. The Hall–Kier alpha value is -2.37. The highest BCUT2D eigenvalue weighted by Gasteiger charge is 2.16. The van der Waals surface area contributed by atoms with Crippen LogP contribution < -0.4 is 4.90 Å². The van der Waals surface area contributed by atoms with E-state index >= 15 is 0 Å². The number of hydrogen-bond donors (Lipinski definition) is 1. The minimum absolute atomic E-state index is 0.828. The third kappa shape index (κ3) is 4.46. The van der Waals surface area contributed by atoms with Crippen molar-refractivity contribution in [2.75, 3.05) is 39.1 Å². The van der Waals surface area contributed by atoms with Gasteiger partial charge in [-0.1, -0.05) is 52.3 Å². The van der Waals surface area contributed by atoms with E-state index in [2.05, 4.69) is 106 Å². The molecule has 0 saturated carbocycles. The van der Waals surface area contributed by atoms with E-state index in [1.807, 2.05) is 0 Å². The minimum Gasteiger partial charge on any atom is -0.359 e. The van der Waals surface area contributed by atoms with Gasteiger partial charge in [-0.15, -0.1) is 0 Å². The van der Waals surface area contributed by atoms with E-state index in [0.29, 0.717) is 0 Å². The molecule has 0 bridgehead atoms. The fraction of sp³-hybridized carbons (Fsp3) is 0.292. The molecule has 0 spiro atoms. The van der Waals surface area contributed by atoms with Crippen LogP contribution in [0.25, 0.3) is 21.8 Å². The largest absolute Gasteiger partial charge is 0.359 e. The molecule has 2 aromatic heterocycles. The fourth-order valence-electron chi connectivity index (χ4n) is 3.83. The van der Waals surface area contributed by atoms with Gasteiger partial charge in [0.05, 0.1) is 5.52 Å². The van der Waals surface area contributed by atoms with Gasteiger partial charge in [-0.3, -0.25) is 0 Å². The number of nitrogens with one attached hydrogen (secondary N) is 1. The molecule has 150 valence electrons. The van der Waals surface area contributed by atoms with Crippen molar-refractivity contribution >= 4 is 43.6 Å². The molecule has 0 aliphatic carbocycles. The first-order chi connectivity index (χ1) is 14.0. The van der Waals surface area contributed by atoms with Gasteiger partial charge in [-0.25, -0.2) is 4.98 Å². The number of rotatable bonds is 7. The highest BCUT2D eigenvalue weighted by Crippen LogP contribution is 2.34. The molecule has 0 radical (unpaired) electrons. The first kappa shape index (κ1) is 19.9. The summed E-state index contributed by atoms with van der Waals surface area (Å²) < 4.78 is 1.08. The molecular formula is C24H27BrN4. The van der Waals surface area contributed by atoms with Crippen LogP contribution in [0, 0.1) is 0 Å². The van der Waals surface area contributed by atoms with E-state index in [4.69, 9.17) is 4.98 Å². The molecule has 5 heteroatoms. The molecule has 0 amide bonds. The maximum atomic E-state index is 5.12. The molecule has 2 aromatic carbocycles. The standard InChI is InChI=1S/C24H27BrN4/c1-28(2)12-7-13-29(3)24-23-20-11-10-18(25)15-21(20)27-22(23)16-19(26-24)14-17-8-5-4-6-9-17/h4-6,8-11,15-16,27H,7,12-14H2,1-3H3. The van der Waals surface area contributed by atoms with E-state index in [1.165, 1.54) is 16.3 Å². The second-order valence-electron chi connectivity index (χ2n) is 7.92. The van der Waals surface area contributed by atoms with Gasteiger partial charge in [0.25, 0.3) is 0 Å². The SMILES string of the molecule is CN(C)CCCN(C)c1nc(Cc2ccccc2)cc2[nH]c3cc(Br)ccc3c12.